The van der Waals surface area contributed by atoms with Gasteiger partial charge in [0.05, 0.1) is 19.9 Å². The zero-order chi connectivity index (χ0) is 15.5. The molecule has 6 heteroatoms. The van der Waals surface area contributed by atoms with Gasteiger partial charge in [0, 0.05) is 11.6 Å². The van der Waals surface area contributed by atoms with Gasteiger partial charge in [-0.25, -0.2) is 4.98 Å². The van der Waals surface area contributed by atoms with E-state index in [9.17, 15) is 4.79 Å². The quantitative estimate of drug-likeness (QED) is 0.801. The van der Waals surface area contributed by atoms with Crippen molar-refractivity contribution in [1.82, 2.24) is 4.98 Å². The van der Waals surface area contributed by atoms with E-state index in [0.717, 1.165) is 0 Å². The fourth-order valence-corrected chi connectivity index (χ4v) is 2.09. The van der Waals surface area contributed by atoms with Gasteiger partial charge >= 0.3 is 0 Å². The van der Waals surface area contributed by atoms with E-state index in [1.165, 1.54) is 13.5 Å². The minimum Gasteiger partial charge on any atom is -0.497 e. The van der Waals surface area contributed by atoms with Crippen molar-refractivity contribution in [3.05, 3.63) is 48.4 Å². The Hall–Kier alpha value is -3.02. The highest BCUT2D eigenvalue weighted by Gasteiger charge is 2.12. The molecule has 1 amide bonds. The van der Waals surface area contributed by atoms with Crippen LogP contribution in [-0.4, -0.2) is 25.1 Å². The summed E-state index contributed by atoms with van der Waals surface area (Å²) in [5, 5.41) is 2.80. The maximum atomic E-state index is 12.3. The van der Waals surface area contributed by atoms with Crippen LogP contribution >= 0.6 is 0 Å². The number of methoxy groups -OCH3 is 2. The Labute approximate surface area is 126 Å². The summed E-state index contributed by atoms with van der Waals surface area (Å²) in [6.07, 6.45) is 1.35. The molecule has 22 heavy (non-hydrogen) atoms. The fraction of sp³-hybridized carbons (Fsp3) is 0.125. The van der Waals surface area contributed by atoms with E-state index in [1.807, 2.05) is 0 Å². The molecule has 0 radical (unpaired) electrons. The Morgan fingerprint density at radius 2 is 2.00 bits per heavy atom. The number of hydrogen-bond donors (Lipinski definition) is 1. The van der Waals surface area contributed by atoms with Gasteiger partial charge in [-0.3, -0.25) is 4.79 Å². The summed E-state index contributed by atoms with van der Waals surface area (Å²) in [5.74, 6) is 0.910. The lowest BCUT2D eigenvalue weighted by Gasteiger charge is -2.11. The van der Waals surface area contributed by atoms with Gasteiger partial charge < -0.3 is 19.2 Å². The van der Waals surface area contributed by atoms with E-state index in [-0.39, 0.29) is 5.91 Å². The topological polar surface area (TPSA) is 73.6 Å². The minimum atomic E-state index is -0.262. The standard InChI is InChI=1S/C16H14N2O4/c1-20-11-4-6-13(14(8-11)21-2)18-16(19)10-3-5-12-15(7-10)22-9-17-12/h3-9H,1-2H3,(H,18,19). The van der Waals surface area contributed by atoms with Gasteiger partial charge in [0.25, 0.3) is 5.91 Å². The number of carbonyl (C=O) groups excluding carboxylic acids is 1. The molecule has 0 fully saturated rings. The molecule has 1 aromatic heterocycles. The van der Waals surface area contributed by atoms with E-state index in [4.69, 9.17) is 13.9 Å². The smallest absolute Gasteiger partial charge is 0.255 e. The molecule has 0 aliphatic carbocycles. The number of rotatable bonds is 4. The molecule has 1 N–H and O–H groups in total. The van der Waals surface area contributed by atoms with Crippen molar-refractivity contribution in [2.75, 3.05) is 19.5 Å². The van der Waals surface area contributed by atoms with Crippen molar-refractivity contribution in [2.24, 2.45) is 0 Å². The number of fused-ring (bicyclic) bond motifs is 1. The Bertz CT molecular complexity index is 826. The van der Waals surface area contributed by atoms with Crippen LogP contribution in [0.1, 0.15) is 10.4 Å². The van der Waals surface area contributed by atoms with Crippen molar-refractivity contribution in [1.29, 1.82) is 0 Å². The Morgan fingerprint density at radius 3 is 2.77 bits per heavy atom. The van der Waals surface area contributed by atoms with E-state index < -0.39 is 0 Å². The first-order chi connectivity index (χ1) is 10.7. The molecular formula is C16H14N2O4. The average molecular weight is 298 g/mol. The third kappa shape index (κ3) is 2.58. The molecule has 112 valence electrons. The summed E-state index contributed by atoms with van der Waals surface area (Å²) in [6, 6.07) is 10.2. The number of benzene rings is 2. The van der Waals surface area contributed by atoms with E-state index in [1.54, 1.807) is 43.5 Å². The van der Waals surface area contributed by atoms with Crippen LogP contribution in [0.15, 0.2) is 47.2 Å². The number of carbonyl (C=O) groups is 1. The first-order valence-electron chi connectivity index (χ1n) is 6.58. The molecule has 0 aliphatic rings. The number of amides is 1. The lowest BCUT2D eigenvalue weighted by molar-refractivity contribution is 0.102. The zero-order valence-corrected chi connectivity index (χ0v) is 12.1. The molecule has 0 bridgehead atoms. The number of oxazole rings is 1. The molecule has 0 saturated carbocycles. The lowest BCUT2D eigenvalue weighted by atomic mass is 10.2. The molecule has 1 heterocycles. The van der Waals surface area contributed by atoms with Crippen LogP contribution in [-0.2, 0) is 0 Å². The number of ether oxygens (including phenoxy) is 2. The maximum Gasteiger partial charge on any atom is 0.255 e. The molecule has 6 nitrogen and oxygen atoms in total. The summed E-state index contributed by atoms with van der Waals surface area (Å²) >= 11 is 0. The van der Waals surface area contributed by atoms with Gasteiger partial charge in [-0.2, -0.15) is 0 Å². The third-order valence-corrected chi connectivity index (χ3v) is 3.25. The summed E-state index contributed by atoms with van der Waals surface area (Å²) in [6.45, 7) is 0. The third-order valence-electron chi connectivity index (χ3n) is 3.25. The van der Waals surface area contributed by atoms with Gasteiger partial charge in [0.1, 0.15) is 17.0 Å². The molecular weight excluding hydrogens is 284 g/mol. The van der Waals surface area contributed by atoms with Crippen LogP contribution in [0.3, 0.4) is 0 Å². The van der Waals surface area contributed by atoms with E-state index in [2.05, 4.69) is 10.3 Å². The van der Waals surface area contributed by atoms with Crippen LogP contribution in [0, 0.1) is 0 Å². The van der Waals surface area contributed by atoms with Crippen LogP contribution in [0.4, 0.5) is 5.69 Å². The Balaban J connectivity index is 1.87. The molecule has 2 aromatic carbocycles. The van der Waals surface area contributed by atoms with Crippen molar-refractivity contribution in [2.45, 2.75) is 0 Å². The second kappa shape index (κ2) is 5.77. The molecule has 0 atom stereocenters. The maximum absolute atomic E-state index is 12.3. The first kappa shape index (κ1) is 13.9. The largest absolute Gasteiger partial charge is 0.497 e. The lowest BCUT2D eigenvalue weighted by Crippen LogP contribution is -2.12. The molecule has 0 unspecified atom stereocenters. The van der Waals surface area contributed by atoms with Crippen molar-refractivity contribution in [3.63, 3.8) is 0 Å². The highest BCUT2D eigenvalue weighted by molar-refractivity contribution is 6.06. The molecule has 0 spiro atoms. The summed E-state index contributed by atoms with van der Waals surface area (Å²) in [5.41, 5.74) is 2.31. The predicted octanol–water partition coefficient (Wildman–Crippen LogP) is 3.10. The summed E-state index contributed by atoms with van der Waals surface area (Å²) in [7, 11) is 3.10. The molecule has 0 aliphatic heterocycles. The van der Waals surface area contributed by atoms with E-state index >= 15 is 0 Å². The summed E-state index contributed by atoms with van der Waals surface area (Å²) < 4.78 is 15.6. The van der Waals surface area contributed by atoms with Gasteiger partial charge in [-0.1, -0.05) is 0 Å². The number of aromatic nitrogens is 1. The SMILES string of the molecule is COc1ccc(NC(=O)c2ccc3ncoc3c2)c(OC)c1. The second-order valence-electron chi connectivity index (χ2n) is 4.56. The van der Waals surface area contributed by atoms with Gasteiger partial charge in [-0.15, -0.1) is 0 Å². The fourth-order valence-electron chi connectivity index (χ4n) is 2.09. The molecule has 3 aromatic rings. The van der Waals surface area contributed by atoms with Crippen molar-refractivity contribution in [3.8, 4) is 11.5 Å². The van der Waals surface area contributed by atoms with Crippen LogP contribution < -0.4 is 14.8 Å². The summed E-state index contributed by atoms with van der Waals surface area (Å²) in [4.78, 5) is 16.4. The van der Waals surface area contributed by atoms with Crippen LogP contribution in [0.5, 0.6) is 11.5 Å². The Morgan fingerprint density at radius 1 is 1.14 bits per heavy atom. The molecule has 3 rings (SSSR count). The second-order valence-corrected chi connectivity index (χ2v) is 4.56. The molecule has 0 saturated heterocycles. The Kier molecular flexibility index (Phi) is 3.65. The minimum absolute atomic E-state index is 0.262. The van der Waals surface area contributed by atoms with Crippen LogP contribution in [0.25, 0.3) is 11.1 Å². The van der Waals surface area contributed by atoms with Crippen molar-refractivity contribution >= 4 is 22.7 Å². The van der Waals surface area contributed by atoms with Gasteiger partial charge in [0.2, 0.25) is 0 Å². The van der Waals surface area contributed by atoms with Gasteiger partial charge in [0.15, 0.2) is 12.0 Å². The highest BCUT2D eigenvalue weighted by Crippen LogP contribution is 2.29. The van der Waals surface area contributed by atoms with Crippen LogP contribution in [0.2, 0.25) is 0 Å². The highest BCUT2D eigenvalue weighted by atomic mass is 16.5. The zero-order valence-electron chi connectivity index (χ0n) is 12.1. The number of nitrogens with one attached hydrogen (secondary N) is 1. The van der Waals surface area contributed by atoms with E-state index in [0.29, 0.717) is 33.8 Å². The average Bonchev–Trinajstić information content (AvgIpc) is 3.02. The number of hydrogen-bond acceptors (Lipinski definition) is 5. The van der Waals surface area contributed by atoms with Crippen molar-refractivity contribution < 1.29 is 18.7 Å². The number of anilines is 1. The monoisotopic (exact) mass is 298 g/mol. The predicted molar refractivity (Wildman–Crippen MR) is 81.5 cm³/mol. The van der Waals surface area contributed by atoms with Gasteiger partial charge in [-0.05, 0) is 30.3 Å². The first-order valence-corrected chi connectivity index (χ1v) is 6.58. The number of nitrogens with zero attached hydrogens (tertiary/aromatic N) is 1. The normalized spacial score (nSPS) is 10.5.